The third-order valence-electron chi connectivity index (χ3n) is 3.29. The van der Waals surface area contributed by atoms with Crippen molar-refractivity contribution >= 4 is 11.8 Å². The van der Waals surface area contributed by atoms with Crippen molar-refractivity contribution < 1.29 is 14.1 Å². The predicted molar refractivity (Wildman–Crippen MR) is 72.4 cm³/mol. The molecule has 1 unspecified atom stereocenters. The first kappa shape index (κ1) is 12.7. The van der Waals surface area contributed by atoms with E-state index in [0.717, 1.165) is 17.7 Å². The van der Waals surface area contributed by atoms with E-state index in [1.807, 2.05) is 31.2 Å². The molecule has 0 radical (unpaired) electrons. The summed E-state index contributed by atoms with van der Waals surface area (Å²) in [4.78, 5) is 17.6. The van der Waals surface area contributed by atoms with Gasteiger partial charge in [-0.2, -0.15) is 4.98 Å². The smallest absolute Gasteiger partial charge is 0.414 e. The van der Waals surface area contributed by atoms with E-state index in [4.69, 9.17) is 9.26 Å². The lowest BCUT2D eigenvalue weighted by molar-refractivity contribution is 0.139. The van der Waals surface area contributed by atoms with Crippen LogP contribution in [-0.2, 0) is 4.74 Å². The first-order valence-corrected chi connectivity index (χ1v) is 6.56. The Labute approximate surface area is 116 Å². The molecule has 0 saturated carbocycles. The zero-order valence-electron chi connectivity index (χ0n) is 11.4. The van der Waals surface area contributed by atoms with Gasteiger partial charge in [0.05, 0.1) is 6.54 Å². The number of cyclic esters (lactones) is 1. The van der Waals surface area contributed by atoms with Gasteiger partial charge in [-0.25, -0.2) is 4.79 Å². The van der Waals surface area contributed by atoms with Gasteiger partial charge in [0.2, 0.25) is 11.7 Å². The topological polar surface area (TPSA) is 68.5 Å². The second-order valence-corrected chi connectivity index (χ2v) is 4.71. The maximum Gasteiger partial charge on any atom is 0.414 e. The third-order valence-corrected chi connectivity index (χ3v) is 3.29. The highest BCUT2D eigenvalue weighted by atomic mass is 16.6. The molecule has 0 N–H and O–H groups in total. The lowest BCUT2D eigenvalue weighted by Crippen LogP contribution is -2.24. The molecule has 6 heteroatoms. The Hall–Kier alpha value is -2.37. The number of ether oxygens (including phenoxy) is 1. The van der Waals surface area contributed by atoms with Gasteiger partial charge in [0.25, 0.3) is 0 Å². The summed E-state index contributed by atoms with van der Waals surface area (Å²) in [6.07, 6.45) is 0.504. The van der Waals surface area contributed by atoms with Crippen LogP contribution < -0.4 is 4.90 Å². The van der Waals surface area contributed by atoms with Gasteiger partial charge in [0.1, 0.15) is 6.10 Å². The van der Waals surface area contributed by atoms with Gasteiger partial charge in [0.15, 0.2) is 0 Å². The quantitative estimate of drug-likeness (QED) is 0.860. The molecule has 0 spiro atoms. The maximum absolute atomic E-state index is 11.8. The van der Waals surface area contributed by atoms with Crippen molar-refractivity contribution in [1.29, 1.82) is 0 Å². The summed E-state index contributed by atoms with van der Waals surface area (Å²) in [5.74, 6) is 1.07. The average Bonchev–Trinajstić information content (AvgIpc) is 3.05. The number of anilines is 1. The van der Waals surface area contributed by atoms with Crippen LogP contribution in [0, 0.1) is 6.92 Å². The Balaban J connectivity index is 1.81. The van der Waals surface area contributed by atoms with E-state index in [9.17, 15) is 4.79 Å². The van der Waals surface area contributed by atoms with Crippen molar-refractivity contribution in [1.82, 2.24) is 10.1 Å². The molecule has 1 aromatic heterocycles. The van der Waals surface area contributed by atoms with Crippen molar-refractivity contribution in [3.63, 3.8) is 0 Å². The fraction of sp³-hybridized carbons (Fsp3) is 0.357. The molecule has 1 atom stereocenters. The number of benzene rings is 1. The Morgan fingerprint density at radius 2 is 2.10 bits per heavy atom. The van der Waals surface area contributed by atoms with Crippen molar-refractivity contribution in [2.75, 3.05) is 11.4 Å². The van der Waals surface area contributed by atoms with Crippen molar-refractivity contribution in [3.8, 4) is 11.4 Å². The second kappa shape index (κ2) is 4.96. The Morgan fingerprint density at radius 1 is 1.35 bits per heavy atom. The van der Waals surface area contributed by atoms with Crippen LogP contribution in [0.2, 0.25) is 0 Å². The van der Waals surface area contributed by atoms with E-state index < -0.39 is 0 Å². The Bertz CT molecular complexity index is 621. The molecular formula is C14H15N3O3. The molecule has 1 amide bonds. The van der Waals surface area contributed by atoms with E-state index in [-0.39, 0.29) is 12.2 Å². The summed E-state index contributed by atoms with van der Waals surface area (Å²) in [5, 5.41) is 3.86. The lowest BCUT2D eigenvalue weighted by Gasteiger charge is -2.12. The zero-order valence-corrected chi connectivity index (χ0v) is 11.4. The summed E-state index contributed by atoms with van der Waals surface area (Å²) >= 11 is 0. The van der Waals surface area contributed by atoms with Crippen molar-refractivity contribution in [2.24, 2.45) is 0 Å². The van der Waals surface area contributed by atoms with Crippen molar-refractivity contribution in [3.05, 3.63) is 30.2 Å². The number of aryl methyl sites for hydroxylation is 1. The molecule has 1 aromatic carbocycles. The molecule has 0 bridgehead atoms. The molecule has 1 saturated heterocycles. The fourth-order valence-corrected chi connectivity index (χ4v) is 2.15. The molecule has 1 aliphatic rings. The predicted octanol–water partition coefficient (Wildman–Crippen LogP) is 2.78. The highest BCUT2D eigenvalue weighted by molar-refractivity contribution is 5.90. The number of aromatic nitrogens is 2. The highest BCUT2D eigenvalue weighted by Gasteiger charge is 2.30. The second-order valence-electron chi connectivity index (χ2n) is 4.71. The van der Waals surface area contributed by atoms with Gasteiger partial charge < -0.3 is 9.26 Å². The molecule has 1 aliphatic heterocycles. The van der Waals surface area contributed by atoms with Crippen LogP contribution in [-0.4, -0.2) is 28.9 Å². The van der Waals surface area contributed by atoms with E-state index in [1.165, 1.54) is 0 Å². The minimum atomic E-state index is -0.292. The summed E-state index contributed by atoms with van der Waals surface area (Å²) in [7, 11) is 0. The molecule has 2 aromatic rings. The first-order valence-electron chi connectivity index (χ1n) is 6.56. The minimum Gasteiger partial charge on any atom is -0.444 e. The van der Waals surface area contributed by atoms with E-state index >= 15 is 0 Å². The van der Waals surface area contributed by atoms with Crippen LogP contribution >= 0.6 is 0 Å². The largest absolute Gasteiger partial charge is 0.444 e. The standard InChI is InChI=1S/C14H15N3O3/c1-3-12-8-17(14(18)19-12)11-6-4-10(5-7-11)13-15-9(2)20-16-13/h4-7,12H,3,8H2,1-2H3. The molecule has 0 aliphatic carbocycles. The van der Waals surface area contributed by atoms with Gasteiger partial charge >= 0.3 is 6.09 Å². The molecule has 20 heavy (non-hydrogen) atoms. The molecule has 1 fully saturated rings. The molecular weight excluding hydrogens is 258 g/mol. The molecule has 3 rings (SSSR count). The fourth-order valence-electron chi connectivity index (χ4n) is 2.15. The normalized spacial score (nSPS) is 18.4. The summed E-state index contributed by atoms with van der Waals surface area (Å²) in [6.45, 7) is 4.34. The van der Waals surface area contributed by atoms with E-state index in [0.29, 0.717) is 18.3 Å². The van der Waals surface area contributed by atoms with Crippen LogP contribution in [0.15, 0.2) is 28.8 Å². The van der Waals surface area contributed by atoms with Crippen molar-refractivity contribution in [2.45, 2.75) is 26.4 Å². The number of carbonyl (C=O) groups is 1. The van der Waals surface area contributed by atoms with Gasteiger partial charge in [-0.05, 0) is 30.7 Å². The molecule has 104 valence electrons. The molecule has 2 heterocycles. The lowest BCUT2D eigenvalue weighted by atomic mass is 10.2. The average molecular weight is 273 g/mol. The SMILES string of the molecule is CCC1CN(c2ccc(-c3noc(C)n3)cc2)C(=O)O1. The zero-order chi connectivity index (χ0) is 14.1. The Morgan fingerprint density at radius 3 is 2.65 bits per heavy atom. The van der Waals surface area contributed by atoms with Crippen LogP contribution in [0.25, 0.3) is 11.4 Å². The Kier molecular flexibility index (Phi) is 3.14. The van der Waals surface area contributed by atoms with Gasteiger partial charge in [0, 0.05) is 18.2 Å². The van der Waals surface area contributed by atoms with E-state index in [2.05, 4.69) is 10.1 Å². The van der Waals surface area contributed by atoms with Gasteiger partial charge in [-0.1, -0.05) is 12.1 Å². The van der Waals surface area contributed by atoms with Crippen LogP contribution in [0.3, 0.4) is 0 Å². The molecule has 6 nitrogen and oxygen atoms in total. The maximum atomic E-state index is 11.8. The first-order chi connectivity index (χ1) is 9.67. The number of hydrogen-bond acceptors (Lipinski definition) is 5. The third kappa shape index (κ3) is 2.24. The summed E-state index contributed by atoms with van der Waals surface area (Å²) in [5.41, 5.74) is 1.67. The monoisotopic (exact) mass is 273 g/mol. The summed E-state index contributed by atoms with van der Waals surface area (Å²) in [6, 6.07) is 7.46. The van der Waals surface area contributed by atoms with Crippen LogP contribution in [0.4, 0.5) is 10.5 Å². The summed E-state index contributed by atoms with van der Waals surface area (Å²) < 4.78 is 10.2. The van der Waals surface area contributed by atoms with Gasteiger partial charge in [-0.15, -0.1) is 0 Å². The highest BCUT2D eigenvalue weighted by Crippen LogP contribution is 2.25. The number of rotatable bonds is 3. The van der Waals surface area contributed by atoms with Gasteiger partial charge in [-0.3, -0.25) is 4.90 Å². The number of hydrogen-bond donors (Lipinski definition) is 0. The van der Waals surface area contributed by atoms with Crippen LogP contribution in [0.1, 0.15) is 19.2 Å². The van der Waals surface area contributed by atoms with Crippen LogP contribution in [0.5, 0.6) is 0 Å². The van der Waals surface area contributed by atoms with E-state index in [1.54, 1.807) is 11.8 Å². The minimum absolute atomic E-state index is 0.0259. The number of nitrogens with zero attached hydrogens (tertiary/aromatic N) is 3. The number of carbonyl (C=O) groups excluding carboxylic acids is 1. The number of amides is 1.